The van der Waals surface area contributed by atoms with Gasteiger partial charge in [-0.2, -0.15) is 0 Å². The molecule has 0 bridgehead atoms. The molecule has 1 aliphatic heterocycles. The molecule has 0 aliphatic carbocycles. The zero-order chi connectivity index (χ0) is 26.8. The third-order valence-electron chi connectivity index (χ3n) is 7.18. The number of hydrogen-bond acceptors (Lipinski definition) is 7. The Bertz CT molecular complexity index is 1430. The number of fused-ring (bicyclic) bond motifs is 1. The molecule has 0 spiro atoms. The second kappa shape index (κ2) is 10.5. The Morgan fingerprint density at radius 3 is 2.16 bits per heavy atom. The van der Waals surface area contributed by atoms with Gasteiger partial charge in [0, 0.05) is 29.2 Å². The summed E-state index contributed by atoms with van der Waals surface area (Å²) in [5.41, 5.74) is 3.84. The molecular weight excluding hydrogens is 484 g/mol. The molecule has 0 saturated heterocycles. The largest absolute Gasteiger partial charge is 0.508 e. The maximum absolute atomic E-state index is 11.2. The van der Waals surface area contributed by atoms with Gasteiger partial charge in [-0.3, -0.25) is 0 Å². The van der Waals surface area contributed by atoms with Gasteiger partial charge in [-0.1, -0.05) is 30.3 Å². The van der Waals surface area contributed by atoms with E-state index >= 15 is 0 Å². The molecule has 0 saturated carbocycles. The fourth-order valence-electron chi connectivity index (χ4n) is 5.23. The third kappa shape index (κ3) is 5.00. The normalized spacial score (nSPS) is 15.3. The first-order valence-electron chi connectivity index (χ1n) is 12.5. The standard InChI is InChI=1S/C31H30O7/c1-37-29-16-23(34)12-6-20(29)7-13-24(18-2-8-21(32)9-3-18)30-27(36)17-26(35)25-14-15-28(38-31(25)30)19-4-10-22(33)11-5-19/h2-6,8-12,16-17,24,28,32-36H,7,13-15H2,1H3. The van der Waals surface area contributed by atoms with Crippen LogP contribution in [0.25, 0.3) is 0 Å². The molecule has 5 rings (SSSR count). The van der Waals surface area contributed by atoms with Gasteiger partial charge in [0.05, 0.1) is 7.11 Å². The Kier molecular flexibility index (Phi) is 6.92. The predicted molar refractivity (Wildman–Crippen MR) is 142 cm³/mol. The molecule has 2 unspecified atom stereocenters. The van der Waals surface area contributed by atoms with Crippen LogP contribution in [-0.4, -0.2) is 32.6 Å². The lowest BCUT2D eigenvalue weighted by molar-refractivity contribution is 0.171. The number of phenolic OH excluding ortho intramolecular Hbond substituents is 5. The summed E-state index contributed by atoms with van der Waals surface area (Å²) >= 11 is 0. The Labute approximate surface area is 220 Å². The molecule has 5 N–H and O–H groups in total. The summed E-state index contributed by atoms with van der Waals surface area (Å²) in [5.74, 6) is 0.976. The van der Waals surface area contributed by atoms with Gasteiger partial charge in [-0.15, -0.1) is 0 Å². The Hall–Kier alpha value is -4.52. The lowest BCUT2D eigenvalue weighted by Gasteiger charge is -2.32. The van der Waals surface area contributed by atoms with Crippen LogP contribution in [0.4, 0.5) is 0 Å². The smallest absolute Gasteiger partial charge is 0.134 e. The number of rotatable bonds is 7. The third-order valence-corrected chi connectivity index (χ3v) is 7.18. The highest BCUT2D eigenvalue weighted by atomic mass is 16.5. The predicted octanol–water partition coefficient (Wildman–Crippen LogP) is 6.05. The number of aromatic hydroxyl groups is 5. The van der Waals surface area contributed by atoms with Crippen LogP contribution in [0, 0.1) is 0 Å². The van der Waals surface area contributed by atoms with Crippen LogP contribution in [0.3, 0.4) is 0 Å². The van der Waals surface area contributed by atoms with Gasteiger partial charge in [0.1, 0.15) is 46.4 Å². The maximum Gasteiger partial charge on any atom is 0.134 e. The summed E-state index contributed by atoms with van der Waals surface area (Å²) in [7, 11) is 1.55. The van der Waals surface area contributed by atoms with Crippen LogP contribution < -0.4 is 9.47 Å². The molecular formula is C31H30O7. The van der Waals surface area contributed by atoms with Gasteiger partial charge in [-0.05, 0) is 72.7 Å². The second-order valence-corrected chi connectivity index (χ2v) is 9.55. The highest BCUT2D eigenvalue weighted by Gasteiger charge is 2.32. The van der Waals surface area contributed by atoms with Gasteiger partial charge in [0.15, 0.2) is 0 Å². The van der Waals surface area contributed by atoms with E-state index in [4.69, 9.17) is 9.47 Å². The van der Waals surface area contributed by atoms with Crippen molar-refractivity contribution < 1.29 is 35.0 Å². The molecule has 4 aromatic carbocycles. The first kappa shape index (κ1) is 25.1. The molecule has 2 atom stereocenters. The molecule has 38 heavy (non-hydrogen) atoms. The fraction of sp³-hybridized carbons (Fsp3) is 0.226. The Morgan fingerprint density at radius 1 is 0.816 bits per heavy atom. The molecule has 1 aliphatic rings. The SMILES string of the molecule is COc1cc(O)ccc1CCC(c1ccc(O)cc1)c1c(O)cc(O)c2c1OC(c1ccc(O)cc1)CC2. The minimum absolute atomic E-state index is 0.0185. The Balaban J connectivity index is 1.58. The van der Waals surface area contributed by atoms with Gasteiger partial charge >= 0.3 is 0 Å². The molecule has 4 aromatic rings. The molecule has 0 fully saturated rings. The summed E-state index contributed by atoms with van der Waals surface area (Å²) in [6.45, 7) is 0. The van der Waals surface area contributed by atoms with Crippen LogP contribution >= 0.6 is 0 Å². The molecule has 196 valence electrons. The highest BCUT2D eigenvalue weighted by molar-refractivity contribution is 5.61. The van der Waals surface area contributed by atoms with E-state index in [2.05, 4.69) is 0 Å². The van der Waals surface area contributed by atoms with Crippen LogP contribution in [0.5, 0.6) is 40.2 Å². The van der Waals surface area contributed by atoms with Gasteiger partial charge in [0.25, 0.3) is 0 Å². The lowest BCUT2D eigenvalue weighted by Crippen LogP contribution is -2.18. The highest BCUT2D eigenvalue weighted by Crippen LogP contribution is 2.50. The minimum Gasteiger partial charge on any atom is -0.508 e. The van der Waals surface area contributed by atoms with Gasteiger partial charge in [-0.25, -0.2) is 0 Å². The first-order valence-corrected chi connectivity index (χ1v) is 12.5. The van der Waals surface area contributed by atoms with Crippen LogP contribution in [0.1, 0.15) is 52.7 Å². The van der Waals surface area contributed by atoms with Gasteiger partial charge < -0.3 is 35.0 Å². The van der Waals surface area contributed by atoms with Gasteiger partial charge in [0.2, 0.25) is 0 Å². The van der Waals surface area contributed by atoms with Crippen molar-refractivity contribution in [3.8, 4) is 40.2 Å². The zero-order valence-electron chi connectivity index (χ0n) is 21.0. The summed E-state index contributed by atoms with van der Waals surface area (Å²) < 4.78 is 11.9. The monoisotopic (exact) mass is 514 g/mol. The minimum atomic E-state index is -0.345. The number of methoxy groups -OCH3 is 1. The first-order chi connectivity index (χ1) is 18.3. The fourth-order valence-corrected chi connectivity index (χ4v) is 5.23. The Morgan fingerprint density at radius 2 is 1.47 bits per heavy atom. The van der Waals surface area contributed by atoms with Crippen molar-refractivity contribution in [1.29, 1.82) is 0 Å². The molecule has 0 aromatic heterocycles. The molecule has 7 heteroatoms. The van der Waals surface area contributed by atoms with E-state index in [-0.39, 0.29) is 40.8 Å². The van der Waals surface area contributed by atoms with Crippen molar-refractivity contribution in [1.82, 2.24) is 0 Å². The molecule has 0 amide bonds. The number of phenols is 5. The van der Waals surface area contributed by atoms with Crippen molar-refractivity contribution >= 4 is 0 Å². The molecule has 7 nitrogen and oxygen atoms in total. The summed E-state index contributed by atoms with van der Waals surface area (Å²) in [6.07, 6.45) is 1.97. The number of benzene rings is 4. The van der Waals surface area contributed by atoms with Crippen molar-refractivity contribution in [2.45, 2.75) is 37.7 Å². The number of aryl methyl sites for hydroxylation is 1. The topological polar surface area (TPSA) is 120 Å². The average molecular weight is 515 g/mol. The zero-order valence-corrected chi connectivity index (χ0v) is 21.0. The molecule has 0 radical (unpaired) electrons. The summed E-state index contributed by atoms with van der Waals surface area (Å²) in [6, 6.07) is 20.0. The second-order valence-electron chi connectivity index (χ2n) is 9.55. The maximum atomic E-state index is 11.2. The van der Waals surface area contributed by atoms with E-state index in [0.29, 0.717) is 48.3 Å². The quantitative estimate of drug-likeness (QED) is 0.204. The average Bonchev–Trinajstić information content (AvgIpc) is 2.91. The van der Waals surface area contributed by atoms with Crippen molar-refractivity contribution in [3.05, 3.63) is 101 Å². The van der Waals surface area contributed by atoms with Crippen molar-refractivity contribution in [3.63, 3.8) is 0 Å². The van der Waals surface area contributed by atoms with Crippen LogP contribution in [0.15, 0.2) is 72.8 Å². The van der Waals surface area contributed by atoms with E-state index in [0.717, 1.165) is 16.7 Å². The van der Waals surface area contributed by atoms with E-state index in [9.17, 15) is 25.5 Å². The van der Waals surface area contributed by atoms with Crippen molar-refractivity contribution in [2.24, 2.45) is 0 Å². The lowest BCUT2D eigenvalue weighted by atomic mass is 9.82. The van der Waals surface area contributed by atoms with Crippen LogP contribution in [0.2, 0.25) is 0 Å². The van der Waals surface area contributed by atoms with E-state index < -0.39 is 0 Å². The van der Waals surface area contributed by atoms with Crippen LogP contribution in [-0.2, 0) is 12.8 Å². The molecule has 1 heterocycles. The van der Waals surface area contributed by atoms with E-state index in [1.807, 2.05) is 30.3 Å². The van der Waals surface area contributed by atoms with E-state index in [1.165, 1.54) is 6.07 Å². The van der Waals surface area contributed by atoms with Crippen molar-refractivity contribution in [2.75, 3.05) is 7.11 Å². The number of ether oxygens (including phenoxy) is 2. The number of hydrogen-bond donors (Lipinski definition) is 5. The summed E-state index contributed by atoms with van der Waals surface area (Å²) in [4.78, 5) is 0. The summed E-state index contributed by atoms with van der Waals surface area (Å²) in [5, 5.41) is 51.4. The van der Waals surface area contributed by atoms with E-state index in [1.54, 1.807) is 43.5 Å².